The standard InChI is InChI=1S/C13H16O2/c1-13(2,3)11-6-7-12(15)10(9-11)5-4-8-14/h6-7,9,14-15H,8H2,1-3H3. The van der Waals surface area contributed by atoms with Gasteiger partial charge in [-0.1, -0.05) is 38.7 Å². The first-order valence-electron chi connectivity index (χ1n) is 4.88. The van der Waals surface area contributed by atoms with E-state index in [0.29, 0.717) is 5.56 Å². The van der Waals surface area contributed by atoms with Crippen LogP contribution in [-0.4, -0.2) is 16.8 Å². The summed E-state index contributed by atoms with van der Waals surface area (Å²) in [5, 5.41) is 18.1. The molecule has 0 saturated heterocycles. The number of aliphatic hydroxyl groups excluding tert-OH is 1. The van der Waals surface area contributed by atoms with E-state index in [0.717, 1.165) is 5.56 Å². The Bertz CT molecular complexity index is 403. The zero-order chi connectivity index (χ0) is 11.5. The monoisotopic (exact) mass is 204 g/mol. The molecule has 0 unspecified atom stereocenters. The molecule has 2 heteroatoms. The minimum Gasteiger partial charge on any atom is -0.507 e. The molecule has 0 aromatic heterocycles. The van der Waals surface area contributed by atoms with Crippen molar-refractivity contribution in [1.82, 2.24) is 0 Å². The van der Waals surface area contributed by atoms with Crippen LogP contribution in [0.1, 0.15) is 31.9 Å². The second-order valence-corrected chi connectivity index (χ2v) is 4.44. The lowest BCUT2D eigenvalue weighted by Gasteiger charge is -2.19. The molecule has 2 nitrogen and oxygen atoms in total. The molecule has 0 fully saturated rings. The van der Waals surface area contributed by atoms with Crippen LogP contribution in [0.25, 0.3) is 0 Å². The van der Waals surface area contributed by atoms with Crippen LogP contribution in [-0.2, 0) is 5.41 Å². The number of hydrogen-bond acceptors (Lipinski definition) is 2. The molecule has 0 aliphatic rings. The fourth-order valence-corrected chi connectivity index (χ4v) is 1.24. The minimum atomic E-state index is -0.195. The number of aromatic hydroxyl groups is 1. The quantitative estimate of drug-likeness (QED) is 0.635. The normalized spacial score (nSPS) is 10.7. The van der Waals surface area contributed by atoms with Crippen LogP contribution in [0.3, 0.4) is 0 Å². The maximum atomic E-state index is 9.54. The molecule has 0 amide bonds. The second-order valence-electron chi connectivity index (χ2n) is 4.44. The molecule has 1 aromatic rings. The average Bonchev–Trinajstić information content (AvgIpc) is 2.15. The minimum absolute atomic E-state index is 0.0311. The van der Waals surface area contributed by atoms with Crippen LogP contribution in [0.15, 0.2) is 18.2 Å². The van der Waals surface area contributed by atoms with Crippen molar-refractivity contribution in [2.75, 3.05) is 6.61 Å². The summed E-state index contributed by atoms with van der Waals surface area (Å²) in [6, 6.07) is 5.39. The van der Waals surface area contributed by atoms with E-state index in [1.54, 1.807) is 6.07 Å². The number of rotatable bonds is 0. The molecule has 1 aromatic carbocycles. The highest BCUT2D eigenvalue weighted by Crippen LogP contribution is 2.26. The molecule has 15 heavy (non-hydrogen) atoms. The van der Waals surface area contributed by atoms with Crippen molar-refractivity contribution < 1.29 is 10.2 Å². The van der Waals surface area contributed by atoms with E-state index in [2.05, 4.69) is 32.6 Å². The fourth-order valence-electron chi connectivity index (χ4n) is 1.24. The number of phenols is 1. The van der Waals surface area contributed by atoms with Gasteiger partial charge < -0.3 is 10.2 Å². The molecular formula is C13H16O2. The van der Waals surface area contributed by atoms with Crippen molar-refractivity contribution in [3.8, 4) is 17.6 Å². The Morgan fingerprint density at radius 2 is 1.93 bits per heavy atom. The first-order chi connectivity index (χ1) is 6.95. The third-order valence-electron chi connectivity index (χ3n) is 2.16. The van der Waals surface area contributed by atoms with Gasteiger partial charge in [0.15, 0.2) is 0 Å². The SMILES string of the molecule is CC(C)(C)c1ccc(O)c(C#CCO)c1. The third-order valence-corrected chi connectivity index (χ3v) is 2.16. The molecule has 0 heterocycles. The summed E-state index contributed by atoms with van der Waals surface area (Å²) in [7, 11) is 0. The van der Waals surface area contributed by atoms with Gasteiger partial charge in [-0.05, 0) is 23.1 Å². The van der Waals surface area contributed by atoms with E-state index >= 15 is 0 Å². The number of phenolic OH excluding ortho intramolecular Hbond substituents is 1. The van der Waals surface area contributed by atoms with Crippen LogP contribution in [0.4, 0.5) is 0 Å². The van der Waals surface area contributed by atoms with E-state index in [9.17, 15) is 5.11 Å². The molecule has 0 atom stereocenters. The van der Waals surface area contributed by atoms with Gasteiger partial charge in [0.1, 0.15) is 12.4 Å². The highest BCUT2D eigenvalue weighted by atomic mass is 16.3. The van der Waals surface area contributed by atoms with Gasteiger partial charge in [0.05, 0.1) is 5.56 Å². The van der Waals surface area contributed by atoms with E-state index < -0.39 is 0 Å². The van der Waals surface area contributed by atoms with E-state index in [4.69, 9.17) is 5.11 Å². The summed E-state index contributed by atoms with van der Waals surface area (Å²) in [5.41, 5.74) is 1.71. The molecule has 0 aliphatic heterocycles. The molecule has 2 N–H and O–H groups in total. The highest BCUT2D eigenvalue weighted by Gasteiger charge is 2.14. The van der Waals surface area contributed by atoms with Crippen molar-refractivity contribution in [2.45, 2.75) is 26.2 Å². The zero-order valence-corrected chi connectivity index (χ0v) is 9.33. The molecule has 0 aliphatic carbocycles. The first kappa shape index (κ1) is 11.6. The largest absolute Gasteiger partial charge is 0.507 e. The van der Waals surface area contributed by atoms with Gasteiger partial charge in [0.2, 0.25) is 0 Å². The van der Waals surface area contributed by atoms with Gasteiger partial charge in [-0.3, -0.25) is 0 Å². The van der Waals surface area contributed by atoms with Crippen LogP contribution in [0.5, 0.6) is 5.75 Å². The van der Waals surface area contributed by atoms with Gasteiger partial charge in [0.25, 0.3) is 0 Å². The van der Waals surface area contributed by atoms with Crippen LogP contribution in [0.2, 0.25) is 0 Å². The predicted octanol–water partition coefficient (Wildman–Crippen LogP) is 2.03. The van der Waals surface area contributed by atoms with Gasteiger partial charge >= 0.3 is 0 Å². The average molecular weight is 204 g/mol. The lowest BCUT2D eigenvalue weighted by atomic mass is 9.86. The van der Waals surface area contributed by atoms with Gasteiger partial charge in [-0.2, -0.15) is 0 Å². The van der Waals surface area contributed by atoms with Crippen molar-refractivity contribution in [2.24, 2.45) is 0 Å². The summed E-state index contributed by atoms with van der Waals surface area (Å²) in [6.07, 6.45) is 0. The van der Waals surface area contributed by atoms with Gasteiger partial charge in [0, 0.05) is 0 Å². The Kier molecular flexibility index (Phi) is 3.39. The lowest BCUT2D eigenvalue weighted by molar-refractivity contribution is 0.350. The molecule has 1 rings (SSSR count). The Hall–Kier alpha value is -1.46. The van der Waals surface area contributed by atoms with E-state index in [1.165, 1.54) is 0 Å². The molecular weight excluding hydrogens is 188 g/mol. The van der Waals surface area contributed by atoms with Crippen molar-refractivity contribution >= 4 is 0 Å². The maximum Gasteiger partial charge on any atom is 0.131 e. The number of aliphatic hydroxyl groups is 1. The van der Waals surface area contributed by atoms with Crippen molar-refractivity contribution in [1.29, 1.82) is 0 Å². The summed E-state index contributed by atoms with van der Waals surface area (Å²) < 4.78 is 0. The maximum absolute atomic E-state index is 9.54. The Morgan fingerprint density at radius 3 is 2.47 bits per heavy atom. The summed E-state index contributed by atoms with van der Waals surface area (Å²) >= 11 is 0. The smallest absolute Gasteiger partial charge is 0.131 e. The summed E-state index contributed by atoms with van der Waals surface area (Å²) in [4.78, 5) is 0. The first-order valence-corrected chi connectivity index (χ1v) is 4.88. The topological polar surface area (TPSA) is 40.5 Å². The number of hydrogen-bond donors (Lipinski definition) is 2. The lowest BCUT2D eigenvalue weighted by Crippen LogP contribution is -2.10. The number of benzene rings is 1. The Morgan fingerprint density at radius 1 is 1.27 bits per heavy atom. The van der Waals surface area contributed by atoms with E-state index in [1.807, 2.05) is 12.1 Å². The molecule has 0 radical (unpaired) electrons. The van der Waals surface area contributed by atoms with Crippen molar-refractivity contribution in [3.63, 3.8) is 0 Å². The fraction of sp³-hybridized carbons (Fsp3) is 0.385. The Labute approximate surface area is 90.6 Å². The van der Waals surface area contributed by atoms with E-state index in [-0.39, 0.29) is 17.8 Å². The molecule has 80 valence electrons. The highest BCUT2D eigenvalue weighted by molar-refractivity contribution is 5.48. The van der Waals surface area contributed by atoms with Crippen LogP contribution < -0.4 is 0 Å². The molecule has 0 spiro atoms. The summed E-state index contributed by atoms with van der Waals surface area (Å²) in [6.45, 7) is 6.10. The molecule has 0 bridgehead atoms. The van der Waals surface area contributed by atoms with Crippen LogP contribution in [0, 0.1) is 11.8 Å². The Balaban J connectivity index is 3.17. The van der Waals surface area contributed by atoms with Gasteiger partial charge in [-0.15, -0.1) is 0 Å². The van der Waals surface area contributed by atoms with Crippen molar-refractivity contribution in [3.05, 3.63) is 29.3 Å². The van der Waals surface area contributed by atoms with Gasteiger partial charge in [-0.25, -0.2) is 0 Å². The molecule has 0 saturated carbocycles. The summed E-state index contributed by atoms with van der Waals surface area (Å²) in [5.74, 6) is 5.41. The third kappa shape index (κ3) is 3.00. The predicted molar refractivity (Wildman–Crippen MR) is 60.8 cm³/mol. The zero-order valence-electron chi connectivity index (χ0n) is 9.33. The second kappa shape index (κ2) is 4.37. The van der Waals surface area contributed by atoms with Crippen LogP contribution >= 0.6 is 0 Å².